The second-order valence-electron chi connectivity index (χ2n) is 4.00. The Morgan fingerprint density at radius 1 is 1.64 bits per heavy atom. The second-order valence-corrected chi connectivity index (χ2v) is 6.79. The van der Waals surface area contributed by atoms with Crippen molar-refractivity contribution in [3.63, 3.8) is 0 Å². The van der Waals surface area contributed by atoms with E-state index < -0.39 is 11.4 Å². The van der Waals surface area contributed by atoms with Gasteiger partial charge in [0.2, 0.25) is 5.91 Å². The van der Waals surface area contributed by atoms with E-state index in [1.165, 1.54) is 12.2 Å². The van der Waals surface area contributed by atoms with E-state index in [4.69, 9.17) is 11.5 Å². The molecule has 1 rings (SSSR count). The molecule has 0 aromatic carbocycles. The number of primary amides is 1. The molecule has 1 amide bonds. The molecule has 2 atom stereocenters. The normalized spacial score (nSPS) is 26.0. The molecule has 1 aliphatic rings. The molecule has 3 nitrogen and oxygen atoms in total. The van der Waals surface area contributed by atoms with Gasteiger partial charge in [0.15, 0.2) is 0 Å². The summed E-state index contributed by atoms with van der Waals surface area (Å²) in [7, 11) is 3.90. The van der Waals surface area contributed by atoms with E-state index in [2.05, 4.69) is 0 Å². The minimum absolute atomic E-state index is 0.397. The summed E-state index contributed by atoms with van der Waals surface area (Å²) in [5, 5.41) is 0.753. The monoisotopic (exact) mass is 234 g/mol. The average Bonchev–Trinajstić information content (AvgIpc) is 2.56. The number of hydrogen-bond acceptors (Lipinski definition) is 4. The Labute approximate surface area is 93.1 Å². The Morgan fingerprint density at radius 3 is 2.86 bits per heavy atom. The van der Waals surface area contributed by atoms with Crippen molar-refractivity contribution >= 4 is 27.5 Å². The van der Waals surface area contributed by atoms with Gasteiger partial charge in [0.05, 0.1) is 5.54 Å². The van der Waals surface area contributed by atoms with Gasteiger partial charge in [0, 0.05) is 11.0 Å². The molecule has 0 saturated carbocycles. The van der Waals surface area contributed by atoms with E-state index in [1.54, 1.807) is 6.92 Å². The van der Waals surface area contributed by atoms with Gasteiger partial charge in [-0.3, -0.25) is 4.79 Å². The summed E-state index contributed by atoms with van der Waals surface area (Å²) in [4.78, 5) is 10.9. The molecule has 0 spiro atoms. The van der Waals surface area contributed by atoms with Crippen molar-refractivity contribution in [1.82, 2.24) is 0 Å². The van der Waals surface area contributed by atoms with Crippen molar-refractivity contribution in [2.75, 3.05) is 5.75 Å². The highest BCUT2D eigenvalue weighted by Gasteiger charge is 2.25. The first kappa shape index (κ1) is 12.2. The zero-order valence-electron chi connectivity index (χ0n) is 8.49. The lowest BCUT2D eigenvalue weighted by atomic mass is 9.95. The minimum atomic E-state index is -0.823. The highest BCUT2D eigenvalue weighted by Crippen LogP contribution is 2.40. The number of nitrogens with two attached hydrogens (primary N) is 2. The van der Waals surface area contributed by atoms with Crippen molar-refractivity contribution in [3.8, 4) is 0 Å². The third-order valence-electron chi connectivity index (χ3n) is 2.51. The molecule has 2 unspecified atom stereocenters. The topological polar surface area (TPSA) is 69.1 Å². The summed E-state index contributed by atoms with van der Waals surface area (Å²) in [6, 6.07) is 0. The maximum absolute atomic E-state index is 10.9. The van der Waals surface area contributed by atoms with Crippen LogP contribution in [0.5, 0.6) is 0 Å². The van der Waals surface area contributed by atoms with Crippen LogP contribution in [0, 0.1) is 0 Å². The molecule has 14 heavy (non-hydrogen) atoms. The molecule has 0 bridgehead atoms. The van der Waals surface area contributed by atoms with Crippen molar-refractivity contribution in [1.29, 1.82) is 0 Å². The Balaban J connectivity index is 2.16. The zero-order chi connectivity index (χ0) is 10.6. The first-order valence-electron chi connectivity index (χ1n) is 4.89. The van der Waals surface area contributed by atoms with Crippen LogP contribution in [0.1, 0.15) is 32.6 Å². The predicted octanol–water partition coefficient (Wildman–Crippen LogP) is 1.51. The number of carbonyl (C=O) groups excluding carboxylic acids is 1. The Bertz CT molecular complexity index is 203. The van der Waals surface area contributed by atoms with Gasteiger partial charge in [0.25, 0.3) is 0 Å². The number of amides is 1. The third kappa shape index (κ3) is 3.71. The molecule has 1 heterocycles. The minimum Gasteiger partial charge on any atom is -0.368 e. The lowest BCUT2D eigenvalue weighted by molar-refractivity contribution is -0.122. The van der Waals surface area contributed by atoms with E-state index >= 15 is 0 Å². The molecule has 0 aromatic heterocycles. The average molecular weight is 234 g/mol. The summed E-state index contributed by atoms with van der Waals surface area (Å²) in [5.41, 5.74) is 10.1. The van der Waals surface area contributed by atoms with Crippen molar-refractivity contribution < 1.29 is 4.79 Å². The highest BCUT2D eigenvalue weighted by atomic mass is 33.1. The molecule has 4 N–H and O–H groups in total. The molecule has 1 fully saturated rings. The fourth-order valence-electron chi connectivity index (χ4n) is 1.38. The number of rotatable bonds is 5. The molecule has 5 heteroatoms. The van der Waals surface area contributed by atoms with E-state index in [0.717, 1.165) is 18.1 Å². The Hall–Kier alpha value is 0.130. The molecular formula is C9H18N2OS2. The van der Waals surface area contributed by atoms with E-state index in [1.807, 2.05) is 21.6 Å². The van der Waals surface area contributed by atoms with Crippen LogP contribution in [0.3, 0.4) is 0 Å². The SMILES string of the molecule is CC(N)(CCCC1CCSS1)C(N)=O. The van der Waals surface area contributed by atoms with E-state index in [-0.39, 0.29) is 0 Å². The molecule has 1 saturated heterocycles. The molecular weight excluding hydrogens is 216 g/mol. The predicted molar refractivity (Wildman–Crippen MR) is 64.1 cm³/mol. The summed E-state index contributed by atoms with van der Waals surface area (Å²) in [6.45, 7) is 1.71. The highest BCUT2D eigenvalue weighted by molar-refractivity contribution is 8.77. The lowest BCUT2D eigenvalue weighted by Gasteiger charge is -2.20. The lowest BCUT2D eigenvalue weighted by Crippen LogP contribution is -2.49. The largest absolute Gasteiger partial charge is 0.368 e. The van der Waals surface area contributed by atoms with Crippen LogP contribution in [0.15, 0.2) is 0 Å². The maximum atomic E-state index is 10.9. The molecule has 0 aromatic rings. The maximum Gasteiger partial charge on any atom is 0.237 e. The van der Waals surface area contributed by atoms with Crippen LogP contribution >= 0.6 is 21.6 Å². The van der Waals surface area contributed by atoms with Gasteiger partial charge in [0.1, 0.15) is 0 Å². The van der Waals surface area contributed by atoms with Crippen LogP contribution in [0.2, 0.25) is 0 Å². The summed E-state index contributed by atoms with van der Waals surface area (Å²) in [5.74, 6) is 0.858. The van der Waals surface area contributed by atoms with Gasteiger partial charge in [-0.25, -0.2) is 0 Å². The van der Waals surface area contributed by atoms with Gasteiger partial charge >= 0.3 is 0 Å². The zero-order valence-corrected chi connectivity index (χ0v) is 10.1. The standard InChI is InChI=1S/C9H18N2OS2/c1-9(11,8(10)12)5-2-3-7-4-6-13-14-7/h7H,2-6,11H2,1H3,(H2,10,12). The van der Waals surface area contributed by atoms with Crippen molar-refractivity contribution in [2.45, 2.75) is 43.4 Å². The summed E-state index contributed by atoms with van der Waals surface area (Å²) in [6.07, 6.45) is 4.13. The molecule has 82 valence electrons. The van der Waals surface area contributed by atoms with Gasteiger partial charge < -0.3 is 11.5 Å². The molecule has 1 aliphatic heterocycles. The fourth-order valence-corrected chi connectivity index (χ4v) is 4.41. The van der Waals surface area contributed by atoms with Gasteiger partial charge in [-0.2, -0.15) is 0 Å². The smallest absolute Gasteiger partial charge is 0.237 e. The Kier molecular flexibility index (Phi) is 4.60. The van der Waals surface area contributed by atoms with Crippen LogP contribution in [0.4, 0.5) is 0 Å². The van der Waals surface area contributed by atoms with Gasteiger partial charge in [-0.05, 0) is 32.6 Å². The van der Waals surface area contributed by atoms with E-state index in [0.29, 0.717) is 6.42 Å². The van der Waals surface area contributed by atoms with Gasteiger partial charge in [-0.1, -0.05) is 21.6 Å². The molecule has 0 aliphatic carbocycles. The second kappa shape index (κ2) is 5.28. The Morgan fingerprint density at radius 2 is 2.36 bits per heavy atom. The first-order chi connectivity index (χ1) is 6.52. The van der Waals surface area contributed by atoms with Crippen molar-refractivity contribution in [3.05, 3.63) is 0 Å². The first-order valence-corrected chi connectivity index (χ1v) is 7.27. The molecule has 0 radical (unpaired) electrons. The van der Waals surface area contributed by atoms with Crippen LogP contribution in [-0.4, -0.2) is 22.4 Å². The summed E-state index contributed by atoms with van der Waals surface area (Å²) >= 11 is 0. The van der Waals surface area contributed by atoms with E-state index in [9.17, 15) is 4.79 Å². The quantitative estimate of drug-likeness (QED) is 0.708. The van der Waals surface area contributed by atoms with Crippen LogP contribution in [-0.2, 0) is 4.79 Å². The summed E-state index contributed by atoms with van der Waals surface area (Å²) < 4.78 is 0. The third-order valence-corrected chi connectivity index (χ3v) is 5.52. The van der Waals surface area contributed by atoms with Crippen molar-refractivity contribution in [2.24, 2.45) is 11.5 Å². The van der Waals surface area contributed by atoms with Crippen LogP contribution in [0.25, 0.3) is 0 Å². The number of hydrogen-bond donors (Lipinski definition) is 2. The van der Waals surface area contributed by atoms with Crippen LogP contribution < -0.4 is 11.5 Å². The van der Waals surface area contributed by atoms with Gasteiger partial charge in [-0.15, -0.1) is 0 Å². The fraction of sp³-hybridized carbons (Fsp3) is 0.889. The number of carbonyl (C=O) groups is 1.